The van der Waals surface area contributed by atoms with Crippen LogP contribution in [0.2, 0.25) is 0 Å². The number of aromatic nitrogens is 2. The second-order valence-electron chi connectivity index (χ2n) is 2.80. The van der Waals surface area contributed by atoms with Crippen LogP contribution in [-0.2, 0) is 13.6 Å². The molecule has 3 heteroatoms. The van der Waals surface area contributed by atoms with Gasteiger partial charge in [-0.15, -0.1) is 0 Å². The number of hydrogen-bond acceptors (Lipinski definition) is 1. The molecular formula is C8H14N2O. The van der Waals surface area contributed by atoms with Crippen LogP contribution in [0.1, 0.15) is 18.9 Å². The molecule has 1 aromatic rings. The summed E-state index contributed by atoms with van der Waals surface area (Å²) in [5.74, 6) is 0. The lowest BCUT2D eigenvalue weighted by Gasteiger charge is -2.03. The van der Waals surface area contributed by atoms with Crippen molar-refractivity contribution in [2.24, 2.45) is 7.05 Å². The van der Waals surface area contributed by atoms with E-state index in [1.807, 2.05) is 17.8 Å². The van der Waals surface area contributed by atoms with Crippen molar-refractivity contribution in [1.82, 2.24) is 9.36 Å². The zero-order chi connectivity index (χ0) is 8.43. The molecule has 11 heavy (non-hydrogen) atoms. The first kappa shape index (κ1) is 8.11. The summed E-state index contributed by atoms with van der Waals surface area (Å²) in [6.07, 6.45) is 2.95. The van der Waals surface area contributed by atoms with E-state index in [0.717, 1.165) is 18.5 Å². The summed E-state index contributed by atoms with van der Waals surface area (Å²) in [5, 5.41) is 0. The highest BCUT2D eigenvalue weighted by Crippen LogP contribution is 1.92. The summed E-state index contributed by atoms with van der Waals surface area (Å²) >= 11 is 0. The molecule has 0 fully saturated rings. The summed E-state index contributed by atoms with van der Waals surface area (Å²) in [5.41, 5.74) is 0.930. The molecule has 0 N–H and O–H groups in total. The van der Waals surface area contributed by atoms with Crippen molar-refractivity contribution in [1.29, 1.82) is 0 Å². The van der Waals surface area contributed by atoms with Crippen molar-refractivity contribution in [2.75, 3.05) is 0 Å². The van der Waals surface area contributed by atoms with Gasteiger partial charge in [-0.25, -0.2) is 0 Å². The number of rotatable bonds is 2. The van der Waals surface area contributed by atoms with E-state index in [9.17, 15) is 4.79 Å². The molecule has 0 aromatic carbocycles. The predicted molar refractivity (Wildman–Crippen MR) is 44.7 cm³/mol. The lowest BCUT2D eigenvalue weighted by Crippen LogP contribution is -2.19. The van der Waals surface area contributed by atoms with Gasteiger partial charge in [0.05, 0.1) is 0 Å². The molecule has 0 amide bonds. The molecule has 0 aliphatic carbocycles. The van der Waals surface area contributed by atoms with Gasteiger partial charge in [0.1, 0.15) is 0 Å². The van der Waals surface area contributed by atoms with Gasteiger partial charge in [-0.05, 0) is 13.3 Å². The molecule has 1 heterocycles. The van der Waals surface area contributed by atoms with Crippen LogP contribution in [0.5, 0.6) is 0 Å². The normalized spacial score (nSPS) is 10.5. The molecule has 0 bridgehead atoms. The van der Waals surface area contributed by atoms with Crippen LogP contribution >= 0.6 is 0 Å². The van der Waals surface area contributed by atoms with Gasteiger partial charge in [0.25, 0.3) is 5.56 Å². The minimum absolute atomic E-state index is 0.110. The maximum absolute atomic E-state index is 11.2. The van der Waals surface area contributed by atoms with Crippen LogP contribution in [0.3, 0.4) is 0 Å². The standard InChI is InChI=1S/C8H14N2O/c1-4-5-10-6-7(2)8(11)9(10)3/h6H,4-5H2,1-3H3. The smallest absolute Gasteiger partial charge is 0.269 e. The van der Waals surface area contributed by atoms with Gasteiger partial charge in [0.15, 0.2) is 0 Å². The summed E-state index contributed by atoms with van der Waals surface area (Å²) in [7, 11) is 1.80. The first-order valence-corrected chi connectivity index (χ1v) is 3.90. The third-order valence-electron chi connectivity index (χ3n) is 1.81. The minimum atomic E-state index is 0.110. The van der Waals surface area contributed by atoms with Crippen molar-refractivity contribution in [3.05, 3.63) is 22.1 Å². The first-order chi connectivity index (χ1) is 5.16. The van der Waals surface area contributed by atoms with Crippen molar-refractivity contribution >= 4 is 0 Å². The monoisotopic (exact) mass is 154 g/mol. The van der Waals surface area contributed by atoms with E-state index in [-0.39, 0.29) is 5.56 Å². The zero-order valence-corrected chi connectivity index (χ0v) is 7.29. The lowest BCUT2D eigenvalue weighted by molar-refractivity contribution is 0.493. The molecular weight excluding hydrogens is 140 g/mol. The van der Waals surface area contributed by atoms with E-state index in [0.29, 0.717) is 0 Å². The zero-order valence-electron chi connectivity index (χ0n) is 7.29. The van der Waals surface area contributed by atoms with Gasteiger partial charge in [0, 0.05) is 25.4 Å². The second kappa shape index (κ2) is 2.95. The van der Waals surface area contributed by atoms with Crippen LogP contribution in [0, 0.1) is 6.92 Å². The van der Waals surface area contributed by atoms with Gasteiger partial charge in [-0.2, -0.15) is 0 Å². The third kappa shape index (κ3) is 1.37. The Morgan fingerprint density at radius 2 is 2.18 bits per heavy atom. The Labute approximate surface area is 66.2 Å². The average Bonchev–Trinajstić information content (AvgIpc) is 2.19. The molecule has 0 spiro atoms. The van der Waals surface area contributed by atoms with Crippen LogP contribution in [0.4, 0.5) is 0 Å². The Balaban J connectivity index is 3.08. The fourth-order valence-corrected chi connectivity index (χ4v) is 1.18. The molecule has 0 aliphatic rings. The molecule has 62 valence electrons. The quantitative estimate of drug-likeness (QED) is 0.622. The predicted octanol–water partition coefficient (Wildman–Crippen LogP) is 0.905. The Morgan fingerprint density at radius 3 is 2.55 bits per heavy atom. The first-order valence-electron chi connectivity index (χ1n) is 3.90. The van der Waals surface area contributed by atoms with Crippen molar-refractivity contribution in [3.63, 3.8) is 0 Å². The van der Waals surface area contributed by atoms with Crippen LogP contribution < -0.4 is 5.56 Å². The van der Waals surface area contributed by atoms with E-state index in [4.69, 9.17) is 0 Å². The molecule has 0 atom stereocenters. The Bertz CT molecular complexity index is 296. The SMILES string of the molecule is CCCn1cc(C)c(=O)n1C. The molecule has 1 aromatic heterocycles. The topological polar surface area (TPSA) is 26.9 Å². The van der Waals surface area contributed by atoms with Crippen molar-refractivity contribution in [2.45, 2.75) is 26.8 Å². The minimum Gasteiger partial charge on any atom is -0.290 e. The van der Waals surface area contributed by atoms with Crippen LogP contribution in [0.25, 0.3) is 0 Å². The van der Waals surface area contributed by atoms with Gasteiger partial charge < -0.3 is 0 Å². The highest BCUT2D eigenvalue weighted by atomic mass is 16.1. The van der Waals surface area contributed by atoms with Crippen LogP contribution in [0.15, 0.2) is 11.0 Å². The summed E-state index contributed by atoms with van der Waals surface area (Å²) in [4.78, 5) is 11.2. The summed E-state index contributed by atoms with van der Waals surface area (Å²) in [6.45, 7) is 4.86. The average molecular weight is 154 g/mol. The van der Waals surface area contributed by atoms with Crippen LogP contribution in [-0.4, -0.2) is 9.36 Å². The van der Waals surface area contributed by atoms with Crippen molar-refractivity contribution in [3.8, 4) is 0 Å². The highest BCUT2D eigenvalue weighted by Gasteiger charge is 2.01. The van der Waals surface area contributed by atoms with Crippen molar-refractivity contribution < 1.29 is 0 Å². The maximum atomic E-state index is 11.2. The fraction of sp³-hybridized carbons (Fsp3) is 0.625. The number of hydrogen-bond donors (Lipinski definition) is 0. The molecule has 1 rings (SSSR count). The Kier molecular flexibility index (Phi) is 2.17. The van der Waals surface area contributed by atoms with Gasteiger partial charge in [-0.1, -0.05) is 6.92 Å². The Morgan fingerprint density at radius 1 is 1.55 bits per heavy atom. The van der Waals surface area contributed by atoms with E-state index in [1.165, 1.54) is 0 Å². The molecule has 0 unspecified atom stereocenters. The summed E-state index contributed by atoms with van der Waals surface area (Å²) < 4.78 is 3.59. The lowest BCUT2D eigenvalue weighted by atomic mass is 10.4. The van der Waals surface area contributed by atoms with E-state index in [2.05, 4.69) is 6.92 Å². The van der Waals surface area contributed by atoms with E-state index >= 15 is 0 Å². The van der Waals surface area contributed by atoms with Gasteiger partial charge >= 0.3 is 0 Å². The van der Waals surface area contributed by atoms with Gasteiger partial charge in [0.2, 0.25) is 0 Å². The Hall–Kier alpha value is -0.990. The molecule has 0 saturated carbocycles. The number of nitrogens with zero attached hydrogens (tertiary/aromatic N) is 2. The second-order valence-corrected chi connectivity index (χ2v) is 2.80. The number of aryl methyl sites for hydroxylation is 2. The van der Waals surface area contributed by atoms with E-state index in [1.54, 1.807) is 11.7 Å². The molecule has 0 radical (unpaired) electrons. The van der Waals surface area contributed by atoms with E-state index < -0.39 is 0 Å². The molecule has 0 aliphatic heterocycles. The highest BCUT2D eigenvalue weighted by molar-refractivity contribution is 5.01. The van der Waals surface area contributed by atoms with Gasteiger partial charge in [-0.3, -0.25) is 14.2 Å². The largest absolute Gasteiger partial charge is 0.290 e. The maximum Gasteiger partial charge on any atom is 0.269 e. The third-order valence-corrected chi connectivity index (χ3v) is 1.81. The summed E-state index contributed by atoms with van der Waals surface area (Å²) in [6, 6.07) is 0. The fourth-order valence-electron chi connectivity index (χ4n) is 1.18. The molecule has 0 saturated heterocycles. The molecule has 3 nitrogen and oxygen atoms in total.